The van der Waals surface area contributed by atoms with Crippen molar-refractivity contribution in [2.45, 2.75) is 37.8 Å². The normalized spacial score (nSPS) is 22.2. The fraction of sp³-hybridized carbons (Fsp3) is 0.500. The zero-order valence-electron chi connectivity index (χ0n) is 12.0. The van der Waals surface area contributed by atoms with Crippen molar-refractivity contribution < 1.29 is 9.21 Å². The Bertz CT molecular complexity index is 625. The molecule has 0 aromatic carbocycles. The van der Waals surface area contributed by atoms with Gasteiger partial charge in [-0.15, -0.1) is 0 Å². The van der Waals surface area contributed by atoms with Gasteiger partial charge in [0.1, 0.15) is 6.26 Å². The van der Waals surface area contributed by atoms with E-state index in [1.165, 1.54) is 6.26 Å². The van der Waals surface area contributed by atoms with Crippen molar-refractivity contribution in [1.82, 2.24) is 20.1 Å². The van der Waals surface area contributed by atoms with Crippen molar-refractivity contribution in [3.8, 4) is 11.5 Å². The highest BCUT2D eigenvalue weighted by Crippen LogP contribution is 2.19. The number of nitrogens with one attached hydrogen (secondary N) is 1. The van der Waals surface area contributed by atoms with Crippen LogP contribution in [0.25, 0.3) is 11.5 Å². The molecule has 2 heterocycles. The number of aryl methyl sites for hydroxylation is 1. The summed E-state index contributed by atoms with van der Waals surface area (Å²) in [5.74, 6) is 0.202. The summed E-state index contributed by atoms with van der Waals surface area (Å²) in [6.07, 6.45) is 8.55. The van der Waals surface area contributed by atoms with Gasteiger partial charge in [0.05, 0.1) is 11.8 Å². The molecule has 1 fully saturated rings. The maximum absolute atomic E-state index is 12.2. The van der Waals surface area contributed by atoms with E-state index in [1.807, 2.05) is 7.05 Å². The van der Waals surface area contributed by atoms with E-state index in [2.05, 4.69) is 15.4 Å². The van der Waals surface area contributed by atoms with E-state index in [-0.39, 0.29) is 18.0 Å². The lowest BCUT2D eigenvalue weighted by molar-refractivity contribution is 0.0921. The summed E-state index contributed by atoms with van der Waals surface area (Å²) in [6.45, 7) is 0. The van der Waals surface area contributed by atoms with Crippen molar-refractivity contribution in [3.63, 3.8) is 0 Å². The molecule has 0 aliphatic heterocycles. The van der Waals surface area contributed by atoms with E-state index in [0.717, 1.165) is 31.2 Å². The maximum atomic E-state index is 12.2. The third-order valence-corrected chi connectivity index (χ3v) is 3.80. The van der Waals surface area contributed by atoms with Crippen LogP contribution in [0, 0.1) is 0 Å². The van der Waals surface area contributed by atoms with Gasteiger partial charge in [-0.2, -0.15) is 5.10 Å². The number of aromatic nitrogens is 3. The average Bonchev–Trinajstić information content (AvgIpc) is 3.10. The van der Waals surface area contributed by atoms with Gasteiger partial charge in [-0.05, 0) is 25.7 Å². The molecular weight excluding hydrogens is 270 g/mol. The quantitative estimate of drug-likeness (QED) is 0.880. The van der Waals surface area contributed by atoms with Gasteiger partial charge in [0.15, 0.2) is 5.69 Å². The van der Waals surface area contributed by atoms with Crippen LogP contribution in [-0.4, -0.2) is 32.8 Å². The summed E-state index contributed by atoms with van der Waals surface area (Å²) in [5.41, 5.74) is 6.91. The molecule has 0 unspecified atom stereocenters. The minimum atomic E-state index is -0.200. The number of carbonyl (C=O) groups is 1. The first-order valence-corrected chi connectivity index (χ1v) is 7.13. The lowest BCUT2D eigenvalue weighted by atomic mass is 9.92. The number of nitrogens with two attached hydrogens (primary N) is 1. The second-order valence-corrected chi connectivity index (χ2v) is 5.53. The molecule has 1 aliphatic carbocycles. The van der Waals surface area contributed by atoms with Crippen LogP contribution in [0.3, 0.4) is 0 Å². The highest BCUT2D eigenvalue weighted by molar-refractivity contribution is 5.92. The second kappa shape index (κ2) is 5.69. The zero-order valence-corrected chi connectivity index (χ0v) is 12.0. The summed E-state index contributed by atoms with van der Waals surface area (Å²) in [4.78, 5) is 16.4. The second-order valence-electron chi connectivity index (χ2n) is 5.53. The molecule has 3 N–H and O–H groups in total. The van der Waals surface area contributed by atoms with E-state index < -0.39 is 0 Å². The molecule has 3 rings (SSSR count). The Morgan fingerprint density at radius 2 is 2.19 bits per heavy atom. The molecule has 21 heavy (non-hydrogen) atoms. The minimum absolute atomic E-state index is 0.177. The van der Waals surface area contributed by atoms with Crippen LogP contribution in [0.4, 0.5) is 0 Å². The Labute approximate surface area is 122 Å². The van der Waals surface area contributed by atoms with Crippen LogP contribution in [-0.2, 0) is 7.05 Å². The molecule has 112 valence electrons. The molecule has 2 aromatic rings. The number of rotatable bonds is 3. The fourth-order valence-corrected chi connectivity index (χ4v) is 2.57. The number of carbonyl (C=O) groups excluding carboxylic acids is 1. The summed E-state index contributed by atoms with van der Waals surface area (Å²) in [6, 6.07) is 0.443. The van der Waals surface area contributed by atoms with Crippen molar-refractivity contribution in [1.29, 1.82) is 0 Å². The summed E-state index contributed by atoms with van der Waals surface area (Å²) in [5, 5.41) is 7.04. The van der Waals surface area contributed by atoms with Gasteiger partial charge in [0.2, 0.25) is 5.89 Å². The van der Waals surface area contributed by atoms with Crippen molar-refractivity contribution >= 4 is 5.91 Å². The van der Waals surface area contributed by atoms with E-state index in [9.17, 15) is 4.79 Å². The van der Waals surface area contributed by atoms with Gasteiger partial charge in [-0.3, -0.25) is 9.48 Å². The summed E-state index contributed by atoms with van der Waals surface area (Å²) in [7, 11) is 1.81. The zero-order chi connectivity index (χ0) is 14.8. The largest absolute Gasteiger partial charge is 0.444 e. The highest BCUT2D eigenvalue weighted by atomic mass is 16.3. The summed E-state index contributed by atoms with van der Waals surface area (Å²) < 4.78 is 7.00. The SMILES string of the molecule is Cn1cc(-c2nc(C(=O)NC3CCC(N)CC3)co2)cn1. The average molecular weight is 289 g/mol. The predicted octanol–water partition coefficient (Wildman–Crippen LogP) is 1.07. The van der Waals surface area contributed by atoms with Crippen LogP contribution >= 0.6 is 0 Å². The summed E-state index contributed by atoms with van der Waals surface area (Å²) >= 11 is 0. The predicted molar refractivity (Wildman–Crippen MR) is 76.4 cm³/mol. The van der Waals surface area contributed by atoms with Crippen molar-refractivity contribution in [3.05, 3.63) is 24.4 Å². The highest BCUT2D eigenvalue weighted by Gasteiger charge is 2.22. The Balaban J connectivity index is 1.64. The first-order chi connectivity index (χ1) is 10.1. The molecular formula is C14H19N5O2. The van der Waals surface area contributed by atoms with Crippen molar-refractivity contribution in [2.24, 2.45) is 12.8 Å². The molecule has 1 amide bonds. The van der Waals surface area contributed by atoms with Crippen LogP contribution < -0.4 is 11.1 Å². The fourth-order valence-electron chi connectivity index (χ4n) is 2.57. The lowest BCUT2D eigenvalue weighted by Gasteiger charge is -2.26. The number of amides is 1. The Morgan fingerprint density at radius 1 is 1.43 bits per heavy atom. The van der Waals surface area contributed by atoms with E-state index >= 15 is 0 Å². The van der Waals surface area contributed by atoms with E-state index in [1.54, 1.807) is 17.1 Å². The molecule has 0 spiro atoms. The van der Waals surface area contributed by atoms with E-state index in [0.29, 0.717) is 11.6 Å². The molecule has 7 nitrogen and oxygen atoms in total. The van der Waals surface area contributed by atoms with Gasteiger partial charge in [-0.1, -0.05) is 0 Å². The van der Waals surface area contributed by atoms with Crippen LogP contribution in [0.2, 0.25) is 0 Å². The van der Waals surface area contributed by atoms with Crippen LogP contribution in [0.5, 0.6) is 0 Å². The Morgan fingerprint density at radius 3 is 2.86 bits per heavy atom. The first-order valence-electron chi connectivity index (χ1n) is 7.13. The van der Waals surface area contributed by atoms with Crippen LogP contribution in [0.15, 0.2) is 23.1 Å². The molecule has 0 radical (unpaired) electrons. The molecule has 1 saturated carbocycles. The molecule has 1 aliphatic rings. The Kier molecular flexibility index (Phi) is 3.74. The smallest absolute Gasteiger partial charge is 0.273 e. The third kappa shape index (κ3) is 3.13. The van der Waals surface area contributed by atoms with Gasteiger partial charge in [-0.25, -0.2) is 4.98 Å². The molecule has 2 aromatic heterocycles. The molecule has 7 heteroatoms. The van der Waals surface area contributed by atoms with Crippen LogP contribution in [0.1, 0.15) is 36.2 Å². The van der Waals surface area contributed by atoms with Crippen molar-refractivity contribution in [2.75, 3.05) is 0 Å². The van der Waals surface area contributed by atoms with Gasteiger partial charge >= 0.3 is 0 Å². The third-order valence-electron chi connectivity index (χ3n) is 3.80. The number of hydrogen-bond acceptors (Lipinski definition) is 5. The number of hydrogen-bond donors (Lipinski definition) is 2. The molecule has 0 bridgehead atoms. The minimum Gasteiger partial charge on any atom is -0.444 e. The van der Waals surface area contributed by atoms with Gasteiger partial charge in [0, 0.05) is 25.3 Å². The molecule has 0 atom stereocenters. The maximum Gasteiger partial charge on any atom is 0.273 e. The standard InChI is InChI=1S/C14H19N5O2/c1-19-7-9(6-16-19)14-18-12(8-21-14)13(20)17-11-4-2-10(15)3-5-11/h6-8,10-11H,2-5,15H2,1H3,(H,17,20). The number of nitrogens with zero attached hydrogens (tertiary/aromatic N) is 3. The first kappa shape index (κ1) is 13.8. The monoisotopic (exact) mass is 289 g/mol. The molecule has 0 saturated heterocycles. The van der Waals surface area contributed by atoms with Gasteiger partial charge in [0.25, 0.3) is 5.91 Å². The van der Waals surface area contributed by atoms with E-state index in [4.69, 9.17) is 10.2 Å². The Hall–Kier alpha value is -2.15. The van der Waals surface area contributed by atoms with Gasteiger partial charge < -0.3 is 15.5 Å². The number of oxazole rings is 1. The lowest BCUT2D eigenvalue weighted by Crippen LogP contribution is -2.40. The topological polar surface area (TPSA) is 99.0 Å².